The molecule has 0 aliphatic heterocycles. The van der Waals surface area contributed by atoms with Crippen LogP contribution in [0.1, 0.15) is 290 Å². The van der Waals surface area contributed by atoms with Crippen molar-refractivity contribution >= 4 is 101 Å². The first-order chi connectivity index (χ1) is 66.5. The number of carbonyl (C=O) groups excluding carboxylic acids is 11. The number of rotatable bonds is 34. The number of carbonyl (C=O) groups is 17. The van der Waals surface area contributed by atoms with Crippen LogP contribution in [0.5, 0.6) is 0 Å². The number of aliphatic hydroxyl groups excluding tert-OH is 2. The van der Waals surface area contributed by atoms with E-state index in [2.05, 4.69) is 51.0 Å². The minimum atomic E-state index is -1.52. The van der Waals surface area contributed by atoms with E-state index in [1.165, 1.54) is 99.1 Å². The highest BCUT2D eigenvalue weighted by Gasteiger charge is 2.31. The minimum absolute atomic E-state index is 0.0483. The highest BCUT2D eigenvalue weighted by atomic mass is 16.6. The molecule has 0 amide bonds. The third-order valence-electron chi connectivity index (χ3n) is 21.4. The molecule has 0 unspecified atom stereocenters. The number of ketones is 3. The molecule has 0 aromatic heterocycles. The molecule has 12 aromatic carbocycles. The van der Waals surface area contributed by atoms with Gasteiger partial charge in [0.05, 0.1) is 105 Å². The van der Waals surface area contributed by atoms with Crippen molar-refractivity contribution < 1.29 is 160 Å². The number of hydrogen-bond donors (Lipinski definition) is 8. The number of esters is 8. The van der Waals surface area contributed by atoms with Crippen LogP contribution in [0.25, 0.3) is 0 Å². The molecule has 0 saturated heterocycles. The molecule has 33 nitrogen and oxygen atoms in total. The van der Waals surface area contributed by atoms with E-state index < -0.39 is 134 Å². The Morgan fingerprint density at radius 2 is 0.364 bits per heavy atom. The van der Waals surface area contributed by atoms with Gasteiger partial charge in [-0.05, 0) is 164 Å². The van der Waals surface area contributed by atoms with Crippen LogP contribution >= 0.6 is 0 Å². The van der Waals surface area contributed by atoms with Gasteiger partial charge in [-0.25, -0.2) is 67.1 Å². The topological polar surface area (TPSA) is 526 Å². The normalized spacial score (nSPS) is 10.8. The molecule has 0 fully saturated rings. The Hall–Kier alpha value is -17.9. The Kier molecular flexibility index (Phi) is 34.9. The van der Waals surface area contributed by atoms with Crippen molar-refractivity contribution in [3.05, 3.63) is 422 Å². The number of carboxylic acids is 6. The first-order valence-electron chi connectivity index (χ1n) is 42.3. The summed E-state index contributed by atoms with van der Waals surface area (Å²) < 4.78 is 41.0. The quantitative estimate of drug-likeness (QED) is 0.0105. The molecule has 33 heteroatoms. The molecule has 140 heavy (non-hydrogen) atoms. The fourth-order valence-corrected chi connectivity index (χ4v) is 13.5. The number of methoxy groups -OCH3 is 2. The molecule has 0 radical (unpaired) electrons. The number of aliphatic hydroxyl groups is 2. The summed E-state index contributed by atoms with van der Waals surface area (Å²) in [4.78, 5) is 212. The van der Waals surface area contributed by atoms with Crippen LogP contribution in [-0.2, 0) is 102 Å². The number of aromatic carboxylic acids is 6. The zero-order valence-corrected chi connectivity index (χ0v) is 76.2. The van der Waals surface area contributed by atoms with E-state index in [-0.39, 0.29) is 142 Å². The van der Waals surface area contributed by atoms with Gasteiger partial charge in [-0.3, -0.25) is 14.4 Å². The SMILES string of the molecule is CC(C)(C)c1ccc(COC(=O)c2ccc(C(=O)c3ccc(C(=O)O)c(C(=O)OCc4ccc(C(C)(C)C)cc4)c3)cc2C(=O)O)cc1.COC(=O)c1ccc(COC(=O)c2ccc(C(=O)c3ccc(C(=O)O)c(C(=O)OCc4ccc(C(=O)OC)cc4)c3)cc2C(=O)O)cc1.O=C(c1ccc(C(=O)OCc2ccc(CO)cc2)c(C(=O)O)c1)c1ccc(C(=O)O)c(C(=O)OCc2ccc(CO)cc2)c1. The Bertz CT molecular complexity index is 6810. The predicted octanol–water partition coefficient (Wildman–Crippen LogP) is 16.2. The molecular formula is C107H90O33. The van der Waals surface area contributed by atoms with Crippen LogP contribution < -0.4 is 0 Å². The van der Waals surface area contributed by atoms with Gasteiger partial charge < -0.3 is 78.7 Å². The third-order valence-corrected chi connectivity index (χ3v) is 21.4. The maximum absolute atomic E-state index is 13.5. The molecule has 12 rings (SSSR count). The van der Waals surface area contributed by atoms with E-state index >= 15 is 0 Å². The first kappa shape index (κ1) is 104. The maximum Gasteiger partial charge on any atom is 0.339 e. The number of carboxylic acid groups (broad SMARTS) is 6. The summed E-state index contributed by atoms with van der Waals surface area (Å²) in [6, 6.07) is 60.2. The van der Waals surface area contributed by atoms with Gasteiger partial charge in [-0.15, -0.1) is 0 Å². The zero-order chi connectivity index (χ0) is 102. The lowest BCUT2D eigenvalue weighted by Crippen LogP contribution is -2.15. The zero-order valence-electron chi connectivity index (χ0n) is 76.2. The summed E-state index contributed by atoms with van der Waals surface area (Å²) in [5.74, 6) is -17.8. The van der Waals surface area contributed by atoms with E-state index in [1.54, 1.807) is 48.5 Å². The summed E-state index contributed by atoms with van der Waals surface area (Å²) in [7, 11) is 2.46. The van der Waals surface area contributed by atoms with Crippen molar-refractivity contribution in [1.82, 2.24) is 0 Å². The standard InChI is InChI=1S/C39H38O9.C35H26O13.C33H26O11/c1-38(2,3)27-13-7-23(8-14-27)21-47-36(45)30-18-12-25(19-31(30)35(43)44)33(40)26-11-17-29(34(41)42)32(20-26)37(46)48-22-24-9-15-28(16-10-24)39(4,5)6;1-45-32(41)21-7-3-19(4-8-21)17-47-34(43)26-14-12-23(15-27(26)31(39)40)29(36)24-11-13-25(30(37)38)28(16-24)35(44)48-18-20-5-9-22(10-6-20)33(42)46-2;34-15-19-1-5-21(6-2-19)17-43-32(41)26-12-10-23(13-27(26)31(39)40)29(36)24-9-11-25(30(37)38)28(14-24)33(42)44-18-22-7-3-20(16-35)4-8-22/h7-20H,21-22H2,1-6H3,(H,41,42)(H,43,44);3-16H,17-18H2,1-2H3,(H,37,38)(H,39,40);1-14,34-35H,15-18H2,(H,37,38)(H,39,40). The van der Waals surface area contributed by atoms with Crippen molar-refractivity contribution in [3.8, 4) is 0 Å². The first-order valence-corrected chi connectivity index (χ1v) is 42.3. The second kappa shape index (κ2) is 46.9. The fraction of sp³-hybridized carbons (Fsp3) is 0.168. The largest absolute Gasteiger partial charge is 0.478 e. The van der Waals surface area contributed by atoms with Gasteiger partial charge in [0.1, 0.15) is 39.6 Å². The van der Waals surface area contributed by atoms with Gasteiger partial charge in [0.2, 0.25) is 0 Å². The number of benzene rings is 12. The molecular weight excluding hydrogens is 1810 g/mol. The van der Waals surface area contributed by atoms with Gasteiger partial charge in [-0.2, -0.15) is 0 Å². The van der Waals surface area contributed by atoms with Crippen molar-refractivity contribution in [3.63, 3.8) is 0 Å². The average molecular weight is 1900 g/mol. The third kappa shape index (κ3) is 27.3. The second-order valence-corrected chi connectivity index (χ2v) is 33.1. The minimum Gasteiger partial charge on any atom is -0.478 e. The van der Waals surface area contributed by atoms with E-state index in [0.29, 0.717) is 38.9 Å². The van der Waals surface area contributed by atoms with Gasteiger partial charge in [-0.1, -0.05) is 199 Å². The Morgan fingerprint density at radius 3 is 0.550 bits per heavy atom. The predicted molar refractivity (Wildman–Crippen MR) is 496 cm³/mol. The molecule has 0 spiro atoms. The Morgan fingerprint density at radius 1 is 0.200 bits per heavy atom. The van der Waals surface area contributed by atoms with Crippen molar-refractivity contribution in [2.75, 3.05) is 14.2 Å². The van der Waals surface area contributed by atoms with E-state index in [9.17, 15) is 112 Å². The van der Waals surface area contributed by atoms with Crippen LogP contribution in [0.4, 0.5) is 0 Å². The monoisotopic (exact) mass is 1900 g/mol. The molecule has 0 heterocycles. The maximum atomic E-state index is 13.5. The van der Waals surface area contributed by atoms with Crippen LogP contribution in [0, 0.1) is 0 Å². The molecule has 0 bridgehead atoms. The smallest absolute Gasteiger partial charge is 0.339 e. The lowest BCUT2D eigenvalue weighted by atomic mass is 9.87. The summed E-state index contributed by atoms with van der Waals surface area (Å²) in [5.41, 5.74) is 2.08. The highest BCUT2D eigenvalue weighted by Crippen LogP contribution is 2.30. The van der Waals surface area contributed by atoms with Crippen molar-refractivity contribution in [1.29, 1.82) is 0 Å². The highest BCUT2D eigenvalue weighted by molar-refractivity contribution is 6.17. The molecule has 716 valence electrons. The summed E-state index contributed by atoms with van der Waals surface area (Å²) >= 11 is 0. The summed E-state index contributed by atoms with van der Waals surface area (Å²) in [5, 5.41) is 76.6. The summed E-state index contributed by atoms with van der Waals surface area (Å²) in [6.45, 7) is 11.1. The molecule has 0 atom stereocenters. The Balaban J connectivity index is 0.000000216. The van der Waals surface area contributed by atoms with Crippen LogP contribution in [0.2, 0.25) is 0 Å². The molecule has 8 N–H and O–H groups in total. The van der Waals surface area contributed by atoms with Crippen molar-refractivity contribution in [2.24, 2.45) is 0 Å². The molecule has 0 saturated carbocycles. The second-order valence-electron chi connectivity index (χ2n) is 33.1. The number of hydrogen-bond acceptors (Lipinski definition) is 27. The van der Waals surface area contributed by atoms with Gasteiger partial charge in [0.25, 0.3) is 0 Å². The van der Waals surface area contributed by atoms with E-state index in [4.69, 9.17) is 38.6 Å². The Labute approximate surface area is 798 Å². The van der Waals surface area contributed by atoms with Crippen LogP contribution in [0.15, 0.2) is 255 Å². The van der Waals surface area contributed by atoms with Gasteiger partial charge in [0, 0.05) is 33.4 Å². The van der Waals surface area contributed by atoms with Crippen LogP contribution in [-0.4, -0.2) is 156 Å². The fourth-order valence-electron chi connectivity index (χ4n) is 13.5. The van der Waals surface area contributed by atoms with E-state index in [1.807, 2.05) is 48.5 Å². The van der Waals surface area contributed by atoms with Crippen LogP contribution in [0.3, 0.4) is 0 Å². The average Bonchev–Trinajstić information content (AvgIpc) is 0.798. The van der Waals surface area contributed by atoms with Gasteiger partial charge in [0.15, 0.2) is 17.3 Å². The lowest BCUT2D eigenvalue weighted by molar-refractivity contribution is 0.0457. The lowest BCUT2D eigenvalue weighted by Gasteiger charge is -2.19. The molecule has 12 aromatic rings. The number of ether oxygens (including phenoxy) is 8. The van der Waals surface area contributed by atoms with Crippen molar-refractivity contribution in [2.45, 2.75) is 105 Å². The molecule has 0 aliphatic rings. The van der Waals surface area contributed by atoms with Gasteiger partial charge >= 0.3 is 83.6 Å². The molecule has 0 aliphatic carbocycles. The summed E-state index contributed by atoms with van der Waals surface area (Å²) in [6.07, 6.45) is 0. The van der Waals surface area contributed by atoms with E-state index in [0.717, 1.165) is 89.5 Å².